The van der Waals surface area contributed by atoms with Gasteiger partial charge in [0.05, 0.1) is 0 Å². The van der Waals surface area contributed by atoms with Crippen LogP contribution in [0.15, 0.2) is 0 Å². The fraction of sp³-hybridized carbons (Fsp3) is 0.857. The second-order valence-electron chi connectivity index (χ2n) is 7.05. The van der Waals surface area contributed by atoms with Crippen molar-refractivity contribution in [3.63, 3.8) is 0 Å². The van der Waals surface area contributed by atoms with E-state index in [0.29, 0.717) is 17.4 Å². The summed E-state index contributed by atoms with van der Waals surface area (Å²) in [5.74, 6) is -0.225. The molecule has 0 aromatic heterocycles. The third-order valence-electron chi connectivity index (χ3n) is 5.41. The zero-order valence-corrected chi connectivity index (χ0v) is 15.2. The van der Waals surface area contributed by atoms with Gasteiger partial charge >= 0.3 is 16.4 Å². The minimum Gasteiger partial charge on any atom is -0.364 e. The van der Waals surface area contributed by atoms with Gasteiger partial charge in [0, 0.05) is 6.42 Å². The maximum absolute atomic E-state index is 12.8. The lowest BCUT2D eigenvalue weighted by atomic mass is 9.95. The van der Waals surface area contributed by atoms with Gasteiger partial charge in [-0.2, -0.15) is 13.3 Å². The van der Waals surface area contributed by atoms with Crippen LogP contribution in [0.4, 0.5) is 4.79 Å². The lowest BCUT2D eigenvalue weighted by molar-refractivity contribution is -1.05. The Kier molecular flexibility index (Phi) is 5.51. The van der Waals surface area contributed by atoms with E-state index in [0.717, 1.165) is 32.4 Å². The molecule has 3 atom stereocenters. The smallest absolute Gasteiger partial charge is 0.364 e. The lowest BCUT2D eigenvalue weighted by Crippen LogP contribution is -2.63. The molecule has 0 aliphatic carbocycles. The molecule has 0 saturated carbocycles. The number of carbonyl (C=O) groups excluding carboxylic acids is 2. The molecule has 11 nitrogen and oxygen atoms in total. The van der Waals surface area contributed by atoms with E-state index in [1.807, 2.05) is 0 Å². The van der Waals surface area contributed by atoms with Gasteiger partial charge in [0.15, 0.2) is 0 Å². The molecule has 3 heterocycles. The number of nitrogens with zero attached hydrogens (tertiary/aromatic N) is 2. The summed E-state index contributed by atoms with van der Waals surface area (Å²) in [5.41, 5.74) is 5.46. The average Bonchev–Trinajstić information content (AvgIpc) is 2.76. The van der Waals surface area contributed by atoms with Crippen LogP contribution in [0.3, 0.4) is 0 Å². The second kappa shape index (κ2) is 7.37. The van der Waals surface area contributed by atoms with Crippen LogP contribution in [0.1, 0.15) is 32.1 Å². The Balaban J connectivity index is 1.74. The quantitative estimate of drug-likeness (QED) is 0.380. The predicted molar refractivity (Wildman–Crippen MR) is 87.2 cm³/mol. The number of amides is 3. The molecule has 148 valence electrons. The van der Waals surface area contributed by atoms with Crippen molar-refractivity contribution >= 4 is 22.3 Å². The lowest BCUT2D eigenvalue weighted by Gasteiger charge is -2.35. The highest BCUT2D eigenvalue weighted by molar-refractivity contribution is 7.80. The van der Waals surface area contributed by atoms with E-state index < -0.39 is 39.1 Å². The van der Waals surface area contributed by atoms with Crippen molar-refractivity contribution in [1.29, 1.82) is 0 Å². The molecule has 3 aliphatic rings. The summed E-state index contributed by atoms with van der Waals surface area (Å²) in [7, 11) is -4.86. The summed E-state index contributed by atoms with van der Waals surface area (Å²) >= 11 is 0. The van der Waals surface area contributed by atoms with Gasteiger partial charge in [-0.3, -0.25) is 9.35 Å². The summed E-state index contributed by atoms with van der Waals surface area (Å²) in [5, 5.41) is 3.87. The van der Waals surface area contributed by atoms with Crippen LogP contribution in [0.5, 0.6) is 0 Å². The summed E-state index contributed by atoms with van der Waals surface area (Å²) in [6.45, 7) is 2.16. The van der Waals surface area contributed by atoms with Gasteiger partial charge in [0.2, 0.25) is 6.04 Å². The zero-order valence-electron chi connectivity index (χ0n) is 14.4. The molecule has 0 aromatic rings. The van der Waals surface area contributed by atoms with E-state index in [-0.39, 0.29) is 19.6 Å². The number of urea groups is 1. The number of fused-ring (bicyclic) bond motifs is 2. The van der Waals surface area contributed by atoms with Crippen LogP contribution in [0.2, 0.25) is 0 Å². The van der Waals surface area contributed by atoms with E-state index in [9.17, 15) is 18.0 Å². The Morgan fingerprint density at radius 1 is 1.31 bits per heavy atom. The molecule has 26 heavy (non-hydrogen) atoms. The Bertz CT molecular complexity index is 666. The van der Waals surface area contributed by atoms with Gasteiger partial charge in [0.25, 0.3) is 5.91 Å². The number of hydrogen-bond donors (Lipinski definition) is 3. The van der Waals surface area contributed by atoms with Crippen molar-refractivity contribution in [2.75, 3.05) is 26.2 Å². The van der Waals surface area contributed by atoms with Crippen LogP contribution in [0, 0.1) is 5.92 Å². The van der Waals surface area contributed by atoms with Gasteiger partial charge in [-0.15, -0.1) is 9.35 Å². The number of rotatable bonds is 7. The summed E-state index contributed by atoms with van der Waals surface area (Å²) in [4.78, 5) is 30.6. The standard InChI is InChI=1S/C14H24N4O7S/c15-13(19)12-2-1-11-9-18(12,14(20)17(11)25-26(21,22)23)24-8-5-10-3-6-16-7-4-10/h10-12,16H,1-9H2,(H2-,15,19,21,22,23)/p+1/t11-,12+,18?/m1/s1. The maximum atomic E-state index is 12.8. The average molecular weight is 393 g/mol. The van der Waals surface area contributed by atoms with Crippen LogP contribution in [0.25, 0.3) is 0 Å². The van der Waals surface area contributed by atoms with E-state index in [2.05, 4.69) is 9.60 Å². The molecule has 12 heteroatoms. The first-order valence-corrected chi connectivity index (χ1v) is 10.1. The second-order valence-corrected chi connectivity index (χ2v) is 8.06. The molecule has 3 amide bonds. The topological polar surface area (TPSA) is 148 Å². The van der Waals surface area contributed by atoms with Crippen LogP contribution in [-0.4, -0.2) is 72.9 Å². The maximum Gasteiger partial charge on any atom is 0.477 e. The molecule has 4 N–H and O–H groups in total. The third kappa shape index (κ3) is 3.85. The fourth-order valence-electron chi connectivity index (χ4n) is 4.11. The fourth-order valence-corrected chi connectivity index (χ4v) is 4.50. The first-order valence-electron chi connectivity index (χ1n) is 8.76. The predicted octanol–water partition coefficient (Wildman–Crippen LogP) is -0.689. The Hall–Kier alpha value is -1.31. The van der Waals surface area contributed by atoms with Gasteiger partial charge in [-0.05, 0) is 44.7 Å². The summed E-state index contributed by atoms with van der Waals surface area (Å²) in [6, 6.07) is -2.36. The number of nitrogens with two attached hydrogens (primary N) is 1. The molecule has 3 aliphatic heterocycles. The van der Waals surface area contributed by atoms with Gasteiger partial charge < -0.3 is 11.1 Å². The molecular formula is C14H25N4O7S+. The van der Waals surface area contributed by atoms with Crippen molar-refractivity contribution in [2.24, 2.45) is 11.7 Å². The molecule has 3 fully saturated rings. The van der Waals surface area contributed by atoms with Gasteiger partial charge in [0.1, 0.15) is 19.2 Å². The number of piperidine rings is 2. The van der Waals surface area contributed by atoms with Crippen LogP contribution >= 0.6 is 0 Å². The van der Waals surface area contributed by atoms with E-state index in [1.165, 1.54) is 0 Å². The van der Waals surface area contributed by atoms with Crippen LogP contribution in [-0.2, 0) is 24.3 Å². The largest absolute Gasteiger partial charge is 0.477 e. The summed E-state index contributed by atoms with van der Waals surface area (Å²) in [6.07, 6.45) is 3.34. The Labute approximate surface area is 151 Å². The number of hydroxylamine groups is 5. The third-order valence-corrected chi connectivity index (χ3v) is 5.76. The molecular weight excluding hydrogens is 368 g/mol. The summed E-state index contributed by atoms with van der Waals surface area (Å²) < 4.78 is 34.8. The molecule has 1 unspecified atom stereocenters. The molecule has 0 radical (unpaired) electrons. The number of quaternary nitrogens is 1. The number of carbonyl (C=O) groups is 2. The highest BCUT2D eigenvalue weighted by atomic mass is 32.3. The van der Waals surface area contributed by atoms with Crippen molar-refractivity contribution in [2.45, 2.75) is 44.2 Å². The Morgan fingerprint density at radius 2 is 2.00 bits per heavy atom. The first-order chi connectivity index (χ1) is 12.2. The van der Waals surface area contributed by atoms with Crippen molar-refractivity contribution in [3.05, 3.63) is 0 Å². The van der Waals surface area contributed by atoms with E-state index in [4.69, 9.17) is 15.1 Å². The van der Waals surface area contributed by atoms with Crippen molar-refractivity contribution < 1.29 is 36.3 Å². The van der Waals surface area contributed by atoms with E-state index in [1.54, 1.807) is 0 Å². The number of nitrogens with one attached hydrogen (secondary N) is 1. The van der Waals surface area contributed by atoms with Gasteiger partial charge in [-0.1, -0.05) is 4.65 Å². The Morgan fingerprint density at radius 3 is 2.62 bits per heavy atom. The monoisotopic (exact) mass is 393 g/mol. The normalized spacial score (nSPS) is 32.8. The number of hydrogen-bond acceptors (Lipinski definition) is 7. The molecule has 0 spiro atoms. The minimum atomic E-state index is -4.86. The molecule has 3 saturated heterocycles. The van der Waals surface area contributed by atoms with Crippen molar-refractivity contribution in [1.82, 2.24) is 10.4 Å². The zero-order chi connectivity index (χ0) is 18.9. The SMILES string of the molecule is NC(=O)[C@@H]1CC[C@@H]2C[N+]1(OCCC1CCNCC1)C(=O)N2OS(=O)(=O)O. The molecule has 2 bridgehead atoms. The first kappa shape index (κ1) is 19.5. The number of primary amides is 1. The molecule has 0 aromatic carbocycles. The highest BCUT2D eigenvalue weighted by Gasteiger charge is 2.65. The van der Waals surface area contributed by atoms with Crippen LogP contribution < -0.4 is 11.1 Å². The van der Waals surface area contributed by atoms with Gasteiger partial charge in [-0.25, -0.2) is 4.79 Å². The molecule has 3 rings (SSSR count). The van der Waals surface area contributed by atoms with Crippen molar-refractivity contribution in [3.8, 4) is 0 Å². The van der Waals surface area contributed by atoms with E-state index >= 15 is 0 Å². The minimum absolute atomic E-state index is 0.0498. The highest BCUT2D eigenvalue weighted by Crippen LogP contribution is 2.38.